The van der Waals surface area contributed by atoms with E-state index in [9.17, 15) is 0 Å². The van der Waals surface area contributed by atoms with Crippen LogP contribution in [0.2, 0.25) is 0 Å². The van der Waals surface area contributed by atoms with Crippen molar-refractivity contribution in [1.82, 2.24) is 5.01 Å². The van der Waals surface area contributed by atoms with Gasteiger partial charge in [0, 0.05) is 13.6 Å². The first kappa shape index (κ1) is 7.44. The van der Waals surface area contributed by atoms with Crippen LogP contribution in [0, 0.1) is 0 Å². The van der Waals surface area contributed by atoms with Crippen LogP contribution in [0.5, 0.6) is 0 Å². The SMILES string of the molecule is C=C=C(C)CN(C)N. The number of nitrogens with two attached hydrogens (primary N) is 1. The van der Waals surface area contributed by atoms with Crippen LogP contribution in [0.25, 0.3) is 0 Å². The smallest absolute Gasteiger partial charge is 0.0407 e. The predicted molar refractivity (Wildman–Crippen MR) is 35.1 cm³/mol. The van der Waals surface area contributed by atoms with Crippen molar-refractivity contribution in [2.24, 2.45) is 5.84 Å². The van der Waals surface area contributed by atoms with Crippen molar-refractivity contribution < 1.29 is 0 Å². The molecule has 0 atom stereocenters. The summed E-state index contributed by atoms with van der Waals surface area (Å²) in [6, 6.07) is 0. The van der Waals surface area contributed by atoms with E-state index >= 15 is 0 Å². The summed E-state index contributed by atoms with van der Waals surface area (Å²) in [7, 11) is 1.81. The molecule has 0 rings (SSSR count). The Kier molecular flexibility index (Phi) is 3.20. The molecule has 0 spiro atoms. The quantitative estimate of drug-likeness (QED) is 0.320. The average Bonchev–Trinajstić information content (AvgIpc) is 1.65. The van der Waals surface area contributed by atoms with Gasteiger partial charge in [0.05, 0.1) is 0 Å². The zero-order valence-corrected chi connectivity index (χ0v) is 5.44. The maximum atomic E-state index is 5.31. The lowest BCUT2D eigenvalue weighted by atomic mass is 10.3. The summed E-state index contributed by atoms with van der Waals surface area (Å²) >= 11 is 0. The predicted octanol–water partition coefficient (Wildman–Crippen LogP) is 0.523. The fraction of sp³-hybridized carbons (Fsp3) is 0.500. The molecule has 0 aliphatic carbocycles. The fourth-order valence-corrected chi connectivity index (χ4v) is 0.430. The lowest BCUT2D eigenvalue weighted by Crippen LogP contribution is -2.27. The molecule has 0 aromatic carbocycles. The molecule has 0 aliphatic heterocycles. The van der Waals surface area contributed by atoms with Gasteiger partial charge >= 0.3 is 0 Å². The number of hydrazine groups is 1. The Hall–Kier alpha value is -0.560. The first-order valence-corrected chi connectivity index (χ1v) is 2.48. The summed E-state index contributed by atoms with van der Waals surface area (Å²) in [6.07, 6.45) is 0. The minimum absolute atomic E-state index is 0.740. The van der Waals surface area contributed by atoms with Crippen molar-refractivity contribution in [2.75, 3.05) is 13.6 Å². The highest BCUT2D eigenvalue weighted by molar-refractivity contribution is 4.95. The zero-order valence-electron chi connectivity index (χ0n) is 5.44. The van der Waals surface area contributed by atoms with Gasteiger partial charge in [0.25, 0.3) is 0 Å². The third-order valence-corrected chi connectivity index (χ3v) is 0.788. The van der Waals surface area contributed by atoms with Crippen LogP contribution in [0.4, 0.5) is 0 Å². The highest BCUT2D eigenvalue weighted by atomic mass is 15.4. The van der Waals surface area contributed by atoms with E-state index in [1.807, 2.05) is 6.92 Å². The Morgan fingerprint density at radius 3 is 2.50 bits per heavy atom. The highest BCUT2D eigenvalue weighted by Gasteiger charge is 1.87. The van der Waals surface area contributed by atoms with Gasteiger partial charge in [-0.2, -0.15) is 0 Å². The van der Waals surface area contributed by atoms with E-state index in [0.717, 1.165) is 12.1 Å². The van der Waals surface area contributed by atoms with Crippen LogP contribution < -0.4 is 5.84 Å². The summed E-state index contributed by atoms with van der Waals surface area (Å²) in [4.78, 5) is 0. The standard InChI is InChI=1S/C6H12N2/c1-4-6(2)5-8(3)7/h1,5,7H2,2-3H3. The maximum absolute atomic E-state index is 5.31. The molecular formula is C6H12N2. The third-order valence-electron chi connectivity index (χ3n) is 0.788. The van der Waals surface area contributed by atoms with Gasteiger partial charge in [0.2, 0.25) is 0 Å². The van der Waals surface area contributed by atoms with Crippen LogP contribution >= 0.6 is 0 Å². The van der Waals surface area contributed by atoms with Crippen LogP contribution in [0.15, 0.2) is 17.9 Å². The van der Waals surface area contributed by atoms with Crippen molar-refractivity contribution in [3.05, 3.63) is 17.9 Å². The van der Waals surface area contributed by atoms with Crippen molar-refractivity contribution in [2.45, 2.75) is 6.92 Å². The van der Waals surface area contributed by atoms with Crippen molar-refractivity contribution in [3.63, 3.8) is 0 Å². The summed E-state index contributed by atoms with van der Waals surface area (Å²) in [5, 5.41) is 1.59. The molecule has 2 N–H and O–H groups in total. The fourth-order valence-electron chi connectivity index (χ4n) is 0.430. The molecule has 0 saturated heterocycles. The van der Waals surface area contributed by atoms with E-state index in [-0.39, 0.29) is 0 Å². The zero-order chi connectivity index (χ0) is 6.57. The molecule has 0 aliphatic rings. The average molecular weight is 112 g/mol. The van der Waals surface area contributed by atoms with Crippen molar-refractivity contribution >= 4 is 0 Å². The van der Waals surface area contributed by atoms with E-state index < -0.39 is 0 Å². The number of hydrogen-bond acceptors (Lipinski definition) is 2. The Morgan fingerprint density at radius 1 is 1.88 bits per heavy atom. The highest BCUT2D eigenvalue weighted by Crippen LogP contribution is 1.86. The van der Waals surface area contributed by atoms with E-state index in [4.69, 9.17) is 5.84 Å². The molecule has 0 heterocycles. The molecule has 0 fully saturated rings. The third kappa shape index (κ3) is 3.62. The number of rotatable bonds is 2. The van der Waals surface area contributed by atoms with Gasteiger partial charge in [-0.1, -0.05) is 6.58 Å². The number of likely N-dealkylation sites (N-methyl/N-ethyl adjacent to an activating group) is 1. The van der Waals surface area contributed by atoms with Gasteiger partial charge in [0.15, 0.2) is 0 Å². The summed E-state index contributed by atoms with van der Waals surface area (Å²) in [5.41, 5.74) is 3.81. The lowest BCUT2D eigenvalue weighted by Gasteiger charge is -2.06. The molecule has 46 valence electrons. The Labute approximate surface area is 50.3 Å². The lowest BCUT2D eigenvalue weighted by molar-refractivity contribution is 0.380. The van der Waals surface area contributed by atoms with Crippen LogP contribution in [-0.2, 0) is 0 Å². The van der Waals surface area contributed by atoms with Gasteiger partial charge in [0.1, 0.15) is 0 Å². The first-order valence-electron chi connectivity index (χ1n) is 2.48. The summed E-state index contributed by atoms with van der Waals surface area (Å²) in [6.45, 7) is 6.15. The van der Waals surface area contributed by atoms with Gasteiger partial charge in [-0.05, 0) is 12.5 Å². The normalized spacial score (nSPS) is 9.00. The molecular weight excluding hydrogens is 100 g/mol. The molecule has 2 heteroatoms. The maximum Gasteiger partial charge on any atom is 0.0407 e. The molecule has 0 amide bonds. The van der Waals surface area contributed by atoms with Crippen LogP contribution in [0.1, 0.15) is 6.92 Å². The van der Waals surface area contributed by atoms with Gasteiger partial charge < -0.3 is 0 Å². The molecule has 0 unspecified atom stereocenters. The molecule has 0 radical (unpaired) electrons. The van der Waals surface area contributed by atoms with Crippen molar-refractivity contribution in [3.8, 4) is 0 Å². The molecule has 8 heavy (non-hydrogen) atoms. The van der Waals surface area contributed by atoms with Crippen LogP contribution in [0.3, 0.4) is 0 Å². The second kappa shape index (κ2) is 3.44. The molecule has 0 bridgehead atoms. The molecule has 0 aromatic rings. The van der Waals surface area contributed by atoms with Gasteiger partial charge in [-0.25, -0.2) is 5.01 Å². The van der Waals surface area contributed by atoms with Crippen LogP contribution in [-0.4, -0.2) is 18.6 Å². The van der Waals surface area contributed by atoms with Crippen molar-refractivity contribution in [1.29, 1.82) is 0 Å². The van der Waals surface area contributed by atoms with E-state index in [2.05, 4.69) is 12.3 Å². The number of hydrogen-bond donors (Lipinski definition) is 1. The topological polar surface area (TPSA) is 29.3 Å². The largest absolute Gasteiger partial charge is 0.269 e. The Morgan fingerprint density at radius 2 is 2.38 bits per heavy atom. The second-order valence-corrected chi connectivity index (χ2v) is 1.87. The Balaban J connectivity index is 3.56. The minimum atomic E-state index is 0.740. The van der Waals surface area contributed by atoms with E-state index in [1.165, 1.54) is 0 Å². The molecule has 2 nitrogen and oxygen atoms in total. The summed E-state index contributed by atoms with van der Waals surface area (Å²) < 4.78 is 0. The number of nitrogens with zero attached hydrogens (tertiary/aromatic N) is 1. The monoisotopic (exact) mass is 112 g/mol. The van der Waals surface area contributed by atoms with Gasteiger partial charge in [-0.3, -0.25) is 5.84 Å². The summed E-state index contributed by atoms with van der Waals surface area (Å²) in [5.74, 6) is 5.31. The molecule has 0 aromatic heterocycles. The second-order valence-electron chi connectivity index (χ2n) is 1.87. The van der Waals surface area contributed by atoms with Gasteiger partial charge in [-0.15, -0.1) is 5.73 Å². The first-order chi connectivity index (χ1) is 3.66. The Bertz CT molecular complexity index is 110. The minimum Gasteiger partial charge on any atom is -0.269 e. The van der Waals surface area contributed by atoms with E-state index in [1.54, 1.807) is 12.1 Å². The van der Waals surface area contributed by atoms with E-state index in [0.29, 0.717) is 0 Å². The molecule has 0 saturated carbocycles.